The van der Waals surface area contributed by atoms with E-state index in [1.165, 1.54) is 4.68 Å². The molecule has 0 aliphatic rings. The zero-order valence-electron chi connectivity index (χ0n) is 9.88. The smallest absolute Gasteiger partial charge is 0.305 e. The maximum Gasteiger partial charge on any atom is 0.347 e. The Bertz CT molecular complexity index is 751. The molecule has 4 nitrogen and oxygen atoms in total. The fourth-order valence-corrected chi connectivity index (χ4v) is 2.25. The molecule has 0 unspecified atom stereocenters. The lowest BCUT2D eigenvalue weighted by Gasteiger charge is -2.07. The molecule has 1 N–H and O–H groups in total. The summed E-state index contributed by atoms with van der Waals surface area (Å²) >= 11 is 3.39. The molecule has 1 aromatic heterocycles. The molecule has 2 aromatic carbocycles. The maximum absolute atomic E-state index is 12.2. The molecule has 0 saturated heterocycles. The van der Waals surface area contributed by atoms with Crippen LogP contribution in [0.2, 0.25) is 0 Å². The normalized spacial score (nSPS) is 10.6. The largest absolute Gasteiger partial charge is 0.347 e. The van der Waals surface area contributed by atoms with Gasteiger partial charge in [0.25, 0.3) is 0 Å². The van der Waals surface area contributed by atoms with Gasteiger partial charge in [-0.05, 0) is 34.1 Å². The molecular formula is C14H10BrN3O. The summed E-state index contributed by atoms with van der Waals surface area (Å²) in [5.74, 6) is 0. The molecule has 3 aromatic rings. The minimum absolute atomic E-state index is 0.284. The first-order chi connectivity index (χ1) is 9.25. The van der Waals surface area contributed by atoms with Gasteiger partial charge in [0.2, 0.25) is 0 Å². The van der Waals surface area contributed by atoms with Crippen molar-refractivity contribution in [3.63, 3.8) is 0 Å². The summed E-state index contributed by atoms with van der Waals surface area (Å²) in [5.41, 5.74) is 1.50. The maximum atomic E-state index is 12.2. The van der Waals surface area contributed by atoms with Gasteiger partial charge in [-0.25, -0.2) is 4.79 Å². The molecule has 0 spiro atoms. The highest BCUT2D eigenvalue weighted by Gasteiger charge is 2.11. The van der Waals surface area contributed by atoms with Crippen molar-refractivity contribution < 1.29 is 4.79 Å². The second-order valence-corrected chi connectivity index (χ2v) is 4.88. The topological polar surface area (TPSA) is 46.9 Å². The third kappa shape index (κ3) is 2.24. The quantitative estimate of drug-likeness (QED) is 0.740. The molecule has 0 bridgehead atoms. The Kier molecular flexibility index (Phi) is 3.05. The second kappa shape index (κ2) is 4.85. The highest BCUT2D eigenvalue weighted by molar-refractivity contribution is 9.10. The van der Waals surface area contributed by atoms with Crippen molar-refractivity contribution in [1.82, 2.24) is 9.78 Å². The summed E-state index contributed by atoms with van der Waals surface area (Å²) in [6.07, 6.45) is 1.68. The third-order valence-electron chi connectivity index (χ3n) is 2.79. The highest BCUT2D eigenvalue weighted by atomic mass is 79.9. The number of benzene rings is 2. The lowest BCUT2D eigenvalue weighted by atomic mass is 10.3. The molecule has 0 fully saturated rings. The van der Waals surface area contributed by atoms with Crippen LogP contribution in [-0.4, -0.2) is 15.8 Å². The molecule has 3 rings (SSSR count). The van der Waals surface area contributed by atoms with Gasteiger partial charge in [-0.3, -0.25) is 0 Å². The molecule has 1 amide bonds. The van der Waals surface area contributed by atoms with Crippen LogP contribution in [-0.2, 0) is 0 Å². The van der Waals surface area contributed by atoms with E-state index in [0.29, 0.717) is 5.69 Å². The van der Waals surface area contributed by atoms with Crippen molar-refractivity contribution in [2.24, 2.45) is 0 Å². The van der Waals surface area contributed by atoms with E-state index < -0.39 is 0 Å². The predicted molar refractivity (Wildman–Crippen MR) is 78.3 cm³/mol. The van der Waals surface area contributed by atoms with E-state index in [4.69, 9.17) is 0 Å². The van der Waals surface area contributed by atoms with Crippen molar-refractivity contribution >= 4 is 38.6 Å². The number of carbonyl (C=O) groups excluding carboxylic acids is 1. The first kappa shape index (κ1) is 11.9. The Labute approximate surface area is 118 Å². The molecule has 1 heterocycles. The number of hydrogen-bond donors (Lipinski definition) is 1. The van der Waals surface area contributed by atoms with Crippen LogP contribution in [0.5, 0.6) is 0 Å². The van der Waals surface area contributed by atoms with Crippen molar-refractivity contribution in [2.45, 2.75) is 0 Å². The molecule has 5 heteroatoms. The van der Waals surface area contributed by atoms with E-state index in [-0.39, 0.29) is 6.03 Å². The van der Waals surface area contributed by atoms with Gasteiger partial charge < -0.3 is 5.32 Å². The third-order valence-corrected chi connectivity index (χ3v) is 3.48. The first-order valence-electron chi connectivity index (χ1n) is 5.74. The molecule has 94 valence electrons. The zero-order valence-corrected chi connectivity index (χ0v) is 11.5. The monoisotopic (exact) mass is 315 g/mol. The van der Waals surface area contributed by atoms with Crippen LogP contribution in [0.4, 0.5) is 10.5 Å². The standard InChI is InChI=1S/C14H10BrN3O/c15-11-6-2-3-7-12(11)17-14(19)18-13-8-4-1-5-10(13)9-16-18/h1-9H,(H,17,19). The van der Waals surface area contributed by atoms with E-state index in [1.807, 2.05) is 48.5 Å². The zero-order chi connectivity index (χ0) is 13.2. The summed E-state index contributed by atoms with van der Waals surface area (Å²) in [7, 11) is 0. The number of fused-ring (bicyclic) bond motifs is 1. The van der Waals surface area contributed by atoms with Crippen molar-refractivity contribution in [2.75, 3.05) is 5.32 Å². The summed E-state index contributed by atoms with van der Waals surface area (Å²) in [5, 5.41) is 7.86. The Morgan fingerprint density at radius 3 is 2.68 bits per heavy atom. The van der Waals surface area contributed by atoms with Gasteiger partial charge in [0.15, 0.2) is 0 Å². The summed E-state index contributed by atoms with van der Waals surface area (Å²) in [6.45, 7) is 0. The van der Waals surface area contributed by atoms with Crippen LogP contribution in [0.25, 0.3) is 10.9 Å². The molecular weight excluding hydrogens is 306 g/mol. The predicted octanol–water partition coefficient (Wildman–Crippen LogP) is 3.88. The molecule has 0 saturated carbocycles. The van der Waals surface area contributed by atoms with Crippen LogP contribution < -0.4 is 5.32 Å². The Morgan fingerprint density at radius 1 is 1.11 bits per heavy atom. The lowest BCUT2D eigenvalue weighted by Crippen LogP contribution is -2.20. The van der Waals surface area contributed by atoms with Gasteiger partial charge in [0, 0.05) is 9.86 Å². The van der Waals surface area contributed by atoms with Crippen LogP contribution in [0.3, 0.4) is 0 Å². The van der Waals surface area contributed by atoms with Gasteiger partial charge in [0.05, 0.1) is 17.4 Å². The van der Waals surface area contributed by atoms with Gasteiger partial charge in [-0.2, -0.15) is 9.78 Å². The van der Waals surface area contributed by atoms with Gasteiger partial charge >= 0.3 is 6.03 Å². The number of anilines is 1. The van der Waals surface area contributed by atoms with Gasteiger partial charge in [-0.15, -0.1) is 0 Å². The lowest BCUT2D eigenvalue weighted by molar-refractivity contribution is 0.252. The molecule has 0 aliphatic heterocycles. The second-order valence-electron chi connectivity index (χ2n) is 4.03. The van der Waals surface area contributed by atoms with Crippen molar-refractivity contribution in [3.05, 3.63) is 59.2 Å². The van der Waals surface area contributed by atoms with E-state index in [9.17, 15) is 4.79 Å². The number of rotatable bonds is 1. The Hall–Kier alpha value is -2.14. The number of carbonyl (C=O) groups is 1. The van der Waals surface area contributed by atoms with Crippen LogP contribution in [0.1, 0.15) is 0 Å². The number of nitrogens with one attached hydrogen (secondary N) is 1. The van der Waals surface area contributed by atoms with Crippen molar-refractivity contribution in [3.8, 4) is 0 Å². The number of hydrogen-bond acceptors (Lipinski definition) is 2. The number of aromatic nitrogens is 2. The van der Waals surface area contributed by atoms with Crippen LogP contribution >= 0.6 is 15.9 Å². The first-order valence-corrected chi connectivity index (χ1v) is 6.53. The Balaban J connectivity index is 1.95. The molecule has 0 atom stereocenters. The van der Waals surface area contributed by atoms with Gasteiger partial charge in [-0.1, -0.05) is 30.3 Å². The Morgan fingerprint density at radius 2 is 1.84 bits per heavy atom. The summed E-state index contributed by atoms with van der Waals surface area (Å²) in [4.78, 5) is 12.2. The van der Waals surface area contributed by atoms with Crippen LogP contribution in [0, 0.1) is 0 Å². The fraction of sp³-hybridized carbons (Fsp3) is 0. The van der Waals surface area contributed by atoms with Crippen molar-refractivity contribution in [1.29, 1.82) is 0 Å². The fourth-order valence-electron chi connectivity index (χ4n) is 1.86. The number of amides is 1. The van der Waals surface area contributed by atoms with E-state index in [1.54, 1.807) is 6.20 Å². The minimum atomic E-state index is -0.284. The number of halogens is 1. The molecule has 0 radical (unpaired) electrons. The highest BCUT2D eigenvalue weighted by Crippen LogP contribution is 2.22. The average Bonchev–Trinajstić information content (AvgIpc) is 2.85. The number of nitrogens with zero attached hydrogens (tertiary/aromatic N) is 2. The van der Waals surface area contributed by atoms with E-state index in [2.05, 4.69) is 26.3 Å². The van der Waals surface area contributed by atoms with E-state index >= 15 is 0 Å². The van der Waals surface area contributed by atoms with Gasteiger partial charge in [0.1, 0.15) is 0 Å². The minimum Gasteiger partial charge on any atom is -0.305 e. The average molecular weight is 316 g/mol. The molecule has 19 heavy (non-hydrogen) atoms. The SMILES string of the molecule is O=C(Nc1ccccc1Br)n1ncc2ccccc21. The number of para-hydroxylation sites is 2. The molecule has 0 aliphatic carbocycles. The summed E-state index contributed by atoms with van der Waals surface area (Å²) in [6, 6.07) is 14.8. The summed E-state index contributed by atoms with van der Waals surface area (Å²) < 4.78 is 2.19. The van der Waals surface area contributed by atoms with Crippen LogP contribution in [0.15, 0.2) is 59.2 Å². The van der Waals surface area contributed by atoms with E-state index in [0.717, 1.165) is 15.4 Å².